The van der Waals surface area contributed by atoms with Crippen molar-refractivity contribution in [3.8, 4) is 5.82 Å². The molecule has 0 saturated heterocycles. The summed E-state index contributed by atoms with van der Waals surface area (Å²) in [5, 5.41) is 16.3. The number of aromatic nitrogens is 3. The summed E-state index contributed by atoms with van der Waals surface area (Å²) >= 11 is 0. The molecule has 0 aliphatic heterocycles. The Morgan fingerprint density at radius 2 is 2.00 bits per heavy atom. The van der Waals surface area contributed by atoms with E-state index in [0.717, 1.165) is 12.1 Å². The third-order valence-corrected chi connectivity index (χ3v) is 4.03. The van der Waals surface area contributed by atoms with Gasteiger partial charge in [-0.25, -0.2) is 9.97 Å². The van der Waals surface area contributed by atoms with E-state index < -0.39 is 28.3 Å². The summed E-state index contributed by atoms with van der Waals surface area (Å²) < 4.78 is 39.8. The molecule has 0 radical (unpaired) electrons. The van der Waals surface area contributed by atoms with E-state index in [1.54, 1.807) is 35.4 Å². The second kappa shape index (κ2) is 8.59. The van der Waals surface area contributed by atoms with Gasteiger partial charge in [0.2, 0.25) is 0 Å². The highest BCUT2D eigenvalue weighted by atomic mass is 19.4. The third kappa shape index (κ3) is 4.90. The third-order valence-electron chi connectivity index (χ3n) is 4.03. The number of carbonyl (C=O) groups excluding carboxylic acids is 1. The van der Waals surface area contributed by atoms with Crippen molar-refractivity contribution >= 4 is 17.3 Å². The van der Waals surface area contributed by atoms with Gasteiger partial charge >= 0.3 is 6.18 Å². The van der Waals surface area contributed by atoms with Crippen molar-refractivity contribution in [2.24, 2.45) is 0 Å². The first-order valence-corrected chi connectivity index (χ1v) is 8.58. The largest absolute Gasteiger partial charge is 0.416 e. The molecule has 3 aromatic rings. The molecule has 0 fully saturated rings. The van der Waals surface area contributed by atoms with Crippen LogP contribution in [-0.4, -0.2) is 38.5 Å². The van der Waals surface area contributed by atoms with Gasteiger partial charge in [0.25, 0.3) is 11.6 Å². The van der Waals surface area contributed by atoms with E-state index in [1.165, 1.54) is 6.20 Å². The topological polar surface area (TPSA) is 115 Å². The number of halogens is 3. The van der Waals surface area contributed by atoms with Crippen LogP contribution in [0.2, 0.25) is 0 Å². The lowest BCUT2D eigenvalue weighted by Gasteiger charge is -2.11. The molecule has 0 atom stereocenters. The number of anilines is 1. The van der Waals surface area contributed by atoms with Crippen LogP contribution in [0.5, 0.6) is 0 Å². The number of hydrogen-bond donors (Lipinski definition) is 2. The van der Waals surface area contributed by atoms with Gasteiger partial charge in [-0.05, 0) is 24.3 Å². The fourth-order valence-corrected chi connectivity index (χ4v) is 2.55. The number of nitrogens with one attached hydrogen (secondary N) is 2. The molecule has 0 aliphatic carbocycles. The number of hydrogen-bond acceptors (Lipinski definition) is 6. The Morgan fingerprint density at radius 1 is 1.20 bits per heavy atom. The standard InChI is InChI=1S/C18H15F3N6O3/c19-18(20,21)13-2-3-14(15(9-13)27(29)30)23-5-6-24-17(28)12-1-4-16(25-10-12)26-8-7-22-11-26/h1-4,7-11,23H,5-6H2,(H,24,28). The van der Waals surface area contributed by atoms with Crippen LogP contribution in [0.3, 0.4) is 0 Å². The molecule has 2 N–H and O–H groups in total. The van der Waals surface area contributed by atoms with Gasteiger partial charge in [-0.15, -0.1) is 0 Å². The number of pyridine rings is 1. The van der Waals surface area contributed by atoms with E-state index in [1.807, 2.05) is 0 Å². The molecule has 0 saturated carbocycles. The molecule has 0 spiro atoms. The Labute approximate surface area is 167 Å². The Kier molecular flexibility index (Phi) is 5.95. The summed E-state index contributed by atoms with van der Waals surface area (Å²) in [5.74, 6) is 0.170. The van der Waals surface area contributed by atoms with E-state index in [0.29, 0.717) is 17.4 Å². The molecule has 0 aliphatic rings. The smallest absolute Gasteiger partial charge is 0.378 e. The van der Waals surface area contributed by atoms with E-state index in [2.05, 4.69) is 20.6 Å². The van der Waals surface area contributed by atoms with Crippen LogP contribution in [0, 0.1) is 10.1 Å². The number of imidazole rings is 1. The number of rotatable bonds is 7. The second-order valence-corrected chi connectivity index (χ2v) is 6.04. The molecule has 0 unspecified atom stereocenters. The highest BCUT2D eigenvalue weighted by Crippen LogP contribution is 2.34. The summed E-state index contributed by atoms with van der Waals surface area (Å²) in [6, 6.07) is 5.42. The fourth-order valence-electron chi connectivity index (χ4n) is 2.55. The van der Waals surface area contributed by atoms with E-state index >= 15 is 0 Å². The molecular weight excluding hydrogens is 405 g/mol. The summed E-state index contributed by atoms with van der Waals surface area (Å²) in [7, 11) is 0. The number of carbonyl (C=O) groups is 1. The van der Waals surface area contributed by atoms with Crippen LogP contribution in [0.4, 0.5) is 24.5 Å². The lowest BCUT2D eigenvalue weighted by molar-refractivity contribution is -0.384. The molecule has 0 bridgehead atoms. The van der Waals surface area contributed by atoms with Crippen molar-refractivity contribution in [3.63, 3.8) is 0 Å². The predicted octanol–water partition coefficient (Wildman–Crippen LogP) is 3.04. The molecule has 2 heterocycles. The quantitative estimate of drug-likeness (QED) is 0.345. The van der Waals surface area contributed by atoms with Crippen LogP contribution >= 0.6 is 0 Å². The van der Waals surface area contributed by atoms with Crippen molar-refractivity contribution in [3.05, 3.63) is 76.5 Å². The van der Waals surface area contributed by atoms with Gasteiger partial charge in [0, 0.05) is 37.7 Å². The first-order chi connectivity index (χ1) is 14.3. The molecule has 156 valence electrons. The lowest BCUT2D eigenvalue weighted by atomic mass is 10.1. The molecular formula is C18H15F3N6O3. The Morgan fingerprint density at radius 3 is 2.60 bits per heavy atom. The lowest BCUT2D eigenvalue weighted by Crippen LogP contribution is -2.29. The van der Waals surface area contributed by atoms with Crippen LogP contribution in [0.25, 0.3) is 5.82 Å². The fraction of sp³-hybridized carbons (Fsp3) is 0.167. The van der Waals surface area contributed by atoms with E-state index in [4.69, 9.17) is 0 Å². The SMILES string of the molecule is O=C(NCCNc1ccc(C(F)(F)F)cc1[N+](=O)[O-])c1ccc(-n2ccnc2)nc1. The second-order valence-electron chi connectivity index (χ2n) is 6.04. The monoisotopic (exact) mass is 420 g/mol. The number of amides is 1. The molecule has 30 heavy (non-hydrogen) atoms. The number of benzene rings is 1. The zero-order valence-corrected chi connectivity index (χ0v) is 15.3. The first-order valence-electron chi connectivity index (χ1n) is 8.58. The van der Waals surface area contributed by atoms with E-state index in [-0.39, 0.29) is 18.8 Å². The molecule has 3 rings (SSSR count). The summed E-state index contributed by atoms with van der Waals surface area (Å²) in [5.41, 5.74) is -1.58. The summed E-state index contributed by atoms with van der Waals surface area (Å²) in [4.78, 5) is 30.4. The normalized spacial score (nSPS) is 11.2. The molecule has 12 heteroatoms. The number of nitrogens with zero attached hydrogens (tertiary/aromatic N) is 4. The maximum absolute atomic E-state index is 12.7. The summed E-state index contributed by atoms with van der Waals surface area (Å²) in [6.07, 6.45) is 1.57. The zero-order valence-electron chi connectivity index (χ0n) is 15.3. The van der Waals surface area contributed by atoms with Crippen molar-refractivity contribution in [2.75, 3.05) is 18.4 Å². The minimum absolute atomic E-state index is 0.0679. The van der Waals surface area contributed by atoms with Crippen LogP contribution in [0.1, 0.15) is 15.9 Å². The molecule has 9 nitrogen and oxygen atoms in total. The summed E-state index contributed by atoms with van der Waals surface area (Å²) in [6.45, 7) is 0.152. The van der Waals surface area contributed by atoms with Crippen LogP contribution in [-0.2, 0) is 6.18 Å². The van der Waals surface area contributed by atoms with Crippen molar-refractivity contribution < 1.29 is 22.9 Å². The highest BCUT2D eigenvalue weighted by molar-refractivity contribution is 5.93. The molecule has 1 aromatic carbocycles. The number of nitro benzene ring substituents is 1. The highest BCUT2D eigenvalue weighted by Gasteiger charge is 2.33. The molecule has 1 amide bonds. The van der Waals surface area contributed by atoms with Gasteiger partial charge in [-0.3, -0.25) is 19.5 Å². The van der Waals surface area contributed by atoms with Gasteiger partial charge in [0.05, 0.1) is 16.1 Å². The minimum atomic E-state index is -4.68. The Bertz CT molecular complexity index is 1040. The maximum atomic E-state index is 12.7. The zero-order chi connectivity index (χ0) is 21.7. The van der Waals surface area contributed by atoms with Gasteiger partial charge < -0.3 is 10.6 Å². The average Bonchev–Trinajstić information content (AvgIpc) is 3.25. The van der Waals surface area contributed by atoms with Crippen molar-refractivity contribution in [1.29, 1.82) is 0 Å². The predicted molar refractivity (Wildman–Crippen MR) is 100 cm³/mol. The van der Waals surface area contributed by atoms with Crippen molar-refractivity contribution in [1.82, 2.24) is 19.9 Å². The molecule has 2 aromatic heterocycles. The maximum Gasteiger partial charge on any atom is 0.416 e. The van der Waals surface area contributed by atoms with E-state index in [9.17, 15) is 28.1 Å². The average molecular weight is 420 g/mol. The first kappa shape index (κ1) is 20.8. The Balaban J connectivity index is 1.55. The number of alkyl halides is 3. The van der Waals surface area contributed by atoms with Gasteiger partial charge in [0.1, 0.15) is 17.8 Å². The number of nitro groups is 1. The van der Waals surface area contributed by atoms with Crippen LogP contribution < -0.4 is 10.6 Å². The van der Waals surface area contributed by atoms with Gasteiger partial charge in [-0.2, -0.15) is 13.2 Å². The van der Waals surface area contributed by atoms with Crippen LogP contribution in [0.15, 0.2) is 55.2 Å². The van der Waals surface area contributed by atoms with Crippen molar-refractivity contribution in [2.45, 2.75) is 6.18 Å². The van der Waals surface area contributed by atoms with Gasteiger partial charge in [0.15, 0.2) is 0 Å². The minimum Gasteiger partial charge on any atom is -0.378 e. The Hall–Kier alpha value is -3.96. The van der Waals surface area contributed by atoms with Gasteiger partial charge in [-0.1, -0.05) is 0 Å².